The first-order valence-corrected chi connectivity index (χ1v) is 6.56. The minimum absolute atomic E-state index is 0.106. The highest BCUT2D eigenvalue weighted by atomic mass is 35.5. The predicted molar refractivity (Wildman–Crippen MR) is 68.9 cm³/mol. The molecule has 0 aliphatic heterocycles. The van der Waals surface area contributed by atoms with E-state index in [1.54, 1.807) is 0 Å². The van der Waals surface area contributed by atoms with Gasteiger partial charge in [0, 0.05) is 12.1 Å². The van der Waals surface area contributed by atoms with Crippen molar-refractivity contribution in [2.24, 2.45) is 0 Å². The van der Waals surface area contributed by atoms with Crippen molar-refractivity contribution in [1.29, 1.82) is 0 Å². The third kappa shape index (κ3) is 3.22. The van der Waals surface area contributed by atoms with Gasteiger partial charge < -0.3 is 5.11 Å². The number of nitro benzene ring substituents is 1. The molecule has 1 N–H and O–H groups in total. The van der Waals surface area contributed by atoms with E-state index in [1.165, 1.54) is 0 Å². The van der Waals surface area contributed by atoms with E-state index in [2.05, 4.69) is 0 Å². The number of halogens is 10. The Labute approximate surface area is 143 Å². The van der Waals surface area contributed by atoms with Crippen LogP contribution in [0.15, 0.2) is 12.1 Å². The van der Waals surface area contributed by atoms with E-state index in [4.69, 9.17) is 28.3 Å². The molecule has 14 heteroatoms. The number of hydrogen-bond acceptors (Lipinski definition) is 3. The summed E-state index contributed by atoms with van der Waals surface area (Å²) < 4.78 is 108. The molecule has 0 radical (unpaired) electrons. The highest BCUT2D eigenvalue weighted by Gasteiger charge is 2.81. The summed E-state index contributed by atoms with van der Waals surface area (Å²) in [5.74, 6) is -25.5. The van der Waals surface area contributed by atoms with E-state index < -0.39 is 56.5 Å². The first kappa shape index (κ1) is 21.6. The number of benzene rings is 1. The lowest BCUT2D eigenvalue weighted by atomic mass is 9.93. The van der Waals surface area contributed by atoms with Crippen LogP contribution in [-0.2, 0) is 5.92 Å². The van der Waals surface area contributed by atoms with Crippen molar-refractivity contribution < 1.29 is 45.2 Å². The van der Waals surface area contributed by atoms with Crippen LogP contribution < -0.4 is 0 Å². The van der Waals surface area contributed by atoms with Gasteiger partial charge in [0.15, 0.2) is 0 Å². The van der Waals surface area contributed by atoms with Crippen LogP contribution in [0.1, 0.15) is 5.56 Å². The average Bonchev–Trinajstić information content (AvgIpc) is 2.45. The van der Waals surface area contributed by atoms with Gasteiger partial charge in [-0.25, -0.2) is 0 Å². The van der Waals surface area contributed by atoms with Crippen molar-refractivity contribution >= 4 is 28.9 Å². The van der Waals surface area contributed by atoms with Crippen LogP contribution >= 0.6 is 23.2 Å². The van der Waals surface area contributed by atoms with Gasteiger partial charge in [-0.05, 0) is 0 Å². The van der Waals surface area contributed by atoms with Gasteiger partial charge in [-0.3, -0.25) is 10.1 Å². The Kier molecular flexibility index (Phi) is 5.54. The summed E-state index contributed by atoms with van der Waals surface area (Å²) in [6, 6.07) is 0.212. The summed E-state index contributed by atoms with van der Waals surface area (Å²) in [5.41, 5.74) is -3.25. The molecule has 0 saturated carbocycles. The topological polar surface area (TPSA) is 63.4 Å². The minimum atomic E-state index is -6.77. The number of aliphatic hydroxyl groups is 1. The molecule has 0 amide bonds. The van der Waals surface area contributed by atoms with E-state index in [0.717, 1.165) is 0 Å². The number of hydrogen-bond donors (Lipinski definition) is 1. The van der Waals surface area contributed by atoms with Crippen molar-refractivity contribution in [2.75, 3.05) is 6.61 Å². The van der Waals surface area contributed by atoms with E-state index in [1.807, 2.05) is 0 Å². The van der Waals surface area contributed by atoms with Crippen molar-refractivity contribution in [3.63, 3.8) is 0 Å². The maximum absolute atomic E-state index is 14.0. The monoisotopic (exact) mass is 421 g/mol. The lowest BCUT2D eigenvalue weighted by molar-refractivity contribution is -0.385. The standard InChI is InChI=1S/C11H5Cl2F8NO3/c12-5-1-4(22(24)25)2-6(13)7(5)9(16,17)11(20,21)10(18,19)8(14,15)3-23/h1-2,23H,3H2. The average molecular weight is 422 g/mol. The molecule has 1 rings (SSSR count). The predicted octanol–water partition coefficient (Wildman–Crippen LogP) is 4.89. The minimum Gasteiger partial charge on any atom is -0.390 e. The SMILES string of the molecule is O=[N+]([O-])c1cc(Cl)c(C(F)(F)C(F)(F)C(F)(F)C(F)(F)CO)c(Cl)c1. The van der Waals surface area contributed by atoms with Crippen molar-refractivity contribution in [3.05, 3.63) is 37.9 Å². The summed E-state index contributed by atoms with van der Waals surface area (Å²) in [7, 11) is 0. The van der Waals surface area contributed by atoms with E-state index in [-0.39, 0.29) is 12.1 Å². The van der Waals surface area contributed by atoms with Crippen LogP contribution in [0.3, 0.4) is 0 Å². The van der Waals surface area contributed by atoms with E-state index >= 15 is 0 Å². The quantitative estimate of drug-likeness (QED) is 0.404. The molecule has 0 atom stereocenters. The molecular weight excluding hydrogens is 417 g/mol. The molecule has 0 unspecified atom stereocenters. The van der Waals surface area contributed by atoms with Gasteiger partial charge in [0.1, 0.15) is 6.61 Å². The Morgan fingerprint density at radius 3 is 1.68 bits per heavy atom. The summed E-state index contributed by atoms with van der Waals surface area (Å²) in [4.78, 5) is 9.30. The molecule has 0 saturated heterocycles. The molecule has 142 valence electrons. The molecule has 0 heterocycles. The van der Waals surface area contributed by atoms with Gasteiger partial charge in [0.2, 0.25) is 0 Å². The Morgan fingerprint density at radius 2 is 1.36 bits per heavy atom. The third-order valence-electron chi connectivity index (χ3n) is 3.00. The Bertz CT molecular complexity index is 675. The normalized spacial score (nSPS) is 13.9. The van der Waals surface area contributed by atoms with Crippen LogP contribution in [-0.4, -0.2) is 34.4 Å². The summed E-state index contributed by atoms with van der Waals surface area (Å²) >= 11 is 10.4. The molecule has 0 aliphatic carbocycles. The molecule has 1 aromatic rings. The number of aliphatic hydroxyl groups excluding tert-OH is 1. The summed E-state index contributed by atoms with van der Waals surface area (Å²) in [6.45, 7) is -2.85. The second-order valence-electron chi connectivity index (χ2n) is 4.63. The Morgan fingerprint density at radius 1 is 0.960 bits per heavy atom. The zero-order valence-corrected chi connectivity index (χ0v) is 12.9. The molecule has 1 aromatic carbocycles. The number of nitro groups is 1. The Hall–Kier alpha value is -1.40. The molecule has 0 aliphatic rings. The molecule has 0 aromatic heterocycles. The maximum atomic E-state index is 14.0. The zero-order valence-electron chi connectivity index (χ0n) is 11.4. The van der Waals surface area contributed by atoms with Gasteiger partial charge >= 0.3 is 23.7 Å². The molecule has 25 heavy (non-hydrogen) atoms. The number of non-ortho nitro benzene ring substituents is 1. The van der Waals surface area contributed by atoms with E-state index in [9.17, 15) is 45.2 Å². The fourth-order valence-electron chi connectivity index (χ4n) is 1.65. The molecule has 0 fully saturated rings. The molecular formula is C11H5Cl2F8NO3. The molecule has 0 bridgehead atoms. The highest BCUT2D eigenvalue weighted by molar-refractivity contribution is 6.36. The summed E-state index contributed by atoms with van der Waals surface area (Å²) in [6.07, 6.45) is 0. The lowest BCUT2D eigenvalue weighted by Crippen LogP contribution is -2.62. The number of alkyl halides is 8. The molecule has 4 nitrogen and oxygen atoms in total. The van der Waals surface area contributed by atoms with Crippen LogP contribution in [0.25, 0.3) is 0 Å². The van der Waals surface area contributed by atoms with Crippen LogP contribution in [0, 0.1) is 10.1 Å². The maximum Gasteiger partial charge on any atom is 0.382 e. The largest absolute Gasteiger partial charge is 0.390 e. The summed E-state index contributed by atoms with van der Waals surface area (Å²) in [5, 5.41) is 15.6. The first-order chi connectivity index (χ1) is 11.0. The second-order valence-corrected chi connectivity index (χ2v) is 5.44. The van der Waals surface area contributed by atoms with Gasteiger partial charge in [-0.2, -0.15) is 35.1 Å². The van der Waals surface area contributed by atoms with Crippen LogP contribution in [0.5, 0.6) is 0 Å². The van der Waals surface area contributed by atoms with Crippen LogP contribution in [0.2, 0.25) is 10.0 Å². The van der Waals surface area contributed by atoms with Crippen molar-refractivity contribution in [1.82, 2.24) is 0 Å². The van der Waals surface area contributed by atoms with Crippen molar-refractivity contribution in [3.8, 4) is 0 Å². The first-order valence-electron chi connectivity index (χ1n) is 5.80. The number of rotatable bonds is 6. The van der Waals surface area contributed by atoms with Gasteiger partial charge in [0.05, 0.1) is 20.5 Å². The zero-order chi connectivity index (χ0) is 20.0. The van der Waals surface area contributed by atoms with Gasteiger partial charge in [-0.1, -0.05) is 23.2 Å². The smallest absolute Gasteiger partial charge is 0.382 e. The number of nitrogens with zero attached hydrogens (tertiary/aromatic N) is 1. The van der Waals surface area contributed by atoms with Crippen LogP contribution in [0.4, 0.5) is 40.8 Å². The fraction of sp³-hybridized carbons (Fsp3) is 0.455. The van der Waals surface area contributed by atoms with Gasteiger partial charge in [0.25, 0.3) is 5.69 Å². The van der Waals surface area contributed by atoms with Gasteiger partial charge in [-0.15, -0.1) is 0 Å². The molecule has 0 spiro atoms. The second kappa shape index (κ2) is 6.40. The fourth-order valence-corrected chi connectivity index (χ4v) is 2.36. The highest BCUT2D eigenvalue weighted by Crippen LogP contribution is 2.58. The van der Waals surface area contributed by atoms with E-state index in [0.29, 0.717) is 0 Å². The third-order valence-corrected chi connectivity index (χ3v) is 3.59. The Balaban J connectivity index is 3.64. The van der Waals surface area contributed by atoms with Crippen molar-refractivity contribution in [2.45, 2.75) is 23.7 Å². The lowest BCUT2D eigenvalue weighted by Gasteiger charge is -2.36.